The van der Waals surface area contributed by atoms with Crippen molar-refractivity contribution in [3.8, 4) is 0 Å². The highest BCUT2D eigenvalue weighted by Crippen LogP contribution is 2.20. The van der Waals surface area contributed by atoms with Gasteiger partial charge in [-0.05, 0) is 44.8 Å². The average Bonchev–Trinajstić information content (AvgIpc) is 2.22. The highest BCUT2D eigenvalue weighted by Gasteiger charge is 2.05. The molecule has 1 heteroatoms. The van der Waals surface area contributed by atoms with Crippen molar-refractivity contribution < 1.29 is 0 Å². The lowest BCUT2D eigenvalue weighted by atomic mass is 9.94. The second-order valence-electron chi connectivity index (χ2n) is 4.00. The molecule has 0 aliphatic carbocycles. The smallest absolute Gasteiger partial charge is 0.0371 e. The van der Waals surface area contributed by atoms with E-state index in [-0.39, 0.29) is 0 Å². The lowest BCUT2D eigenvalue weighted by molar-refractivity contribution is 0.580. The summed E-state index contributed by atoms with van der Waals surface area (Å²) in [6.45, 7) is 10.6. The van der Waals surface area contributed by atoms with Crippen LogP contribution >= 0.6 is 0 Å². The minimum absolute atomic E-state index is 0.650. The van der Waals surface area contributed by atoms with Crippen LogP contribution in [0.1, 0.15) is 53.9 Å². The summed E-state index contributed by atoms with van der Waals surface area (Å²) >= 11 is 0. The second-order valence-corrected chi connectivity index (χ2v) is 4.00. The Balaban J connectivity index is 4.43. The molecule has 0 spiro atoms. The van der Waals surface area contributed by atoms with Gasteiger partial charge in [0.25, 0.3) is 0 Å². The third-order valence-electron chi connectivity index (χ3n) is 2.60. The first kappa shape index (κ1) is 14.2. The predicted molar refractivity (Wildman–Crippen MR) is 70.4 cm³/mol. The van der Waals surface area contributed by atoms with Crippen molar-refractivity contribution in [1.29, 1.82) is 0 Å². The van der Waals surface area contributed by atoms with E-state index >= 15 is 0 Å². The van der Waals surface area contributed by atoms with E-state index < -0.39 is 0 Å². The highest BCUT2D eigenvalue weighted by atomic mass is 14.7. The minimum Gasteiger partial charge on any atom is -0.266 e. The maximum absolute atomic E-state index is 4.27. The van der Waals surface area contributed by atoms with Crippen LogP contribution in [0.5, 0.6) is 0 Å². The lowest BCUT2D eigenvalue weighted by Crippen LogP contribution is -1.97. The third kappa shape index (κ3) is 6.27. The largest absolute Gasteiger partial charge is 0.266 e. The van der Waals surface area contributed by atoms with Crippen LogP contribution in [0, 0.1) is 5.92 Å². The Labute approximate surface area is 95.0 Å². The fourth-order valence-corrected chi connectivity index (χ4v) is 1.67. The summed E-state index contributed by atoms with van der Waals surface area (Å²) in [6, 6.07) is 0. The molecule has 0 aliphatic heterocycles. The fourth-order valence-electron chi connectivity index (χ4n) is 1.67. The molecule has 0 heterocycles. The summed E-state index contributed by atoms with van der Waals surface area (Å²) in [4.78, 5) is 4.27. The molecule has 15 heavy (non-hydrogen) atoms. The van der Waals surface area contributed by atoms with Crippen molar-refractivity contribution >= 4 is 6.21 Å². The summed E-state index contributed by atoms with van der Waals surface area (Å²) in [5.74, 6) is 0.650. The standard InChI is InChI=1S/C14H25N/c1-6-9-10-12(4)14(7-2)11-13(5)15-8-3/h7-8,11-12H,6,9-10H2,1-5H3/b13-11-,14-7+,15-8+. The van der Waals surface area contributed by atoms with Crippen molar-refractivity contribution in [2.75, 3.05) is 0 Å². The number of hydrogen-bond acceptors (Lipinski definition) is 1. The predicted octanol–water partition coefficient (Wildman–Crippen LogP) is 4.75. The molecule has 1 nitrogen and oxygen atoms in total. The number of rotatable bonds is 6. The topological polar surface area (TPSA) is 12.4 Å². The van der Waals surface area contributed by atoms with Crippen LogP contribution in [0.15, 0.2) is 28.4 Å². The van der Waals surface area contributed by atoms with Crippen LogP contribution in [0.25, 0.3) is 0 Å². The highest BCUT2D eigenvalue weighted by molar-refractivity contribution is 5.55. The maximum atomic E-state index is 4.27. The number of unbranched alkanes of at least 4 members (excludes halogenated alkanes) is 1. The molecule has 0 fully saturated rings. The van der Waals surface area contributed by atoms with Crippen molar-refractivity contribution in [2.24, 2.45) is 10.9 Å². The van der Waals surface area contributed by atoms with Gasteiger partial charge in [0.15, 0.2) is 0 Å². The normalized spacial score (nSPS) is 16.1. The molecular formula is C14H25N. The van der Waals surface area contributed by atoms with Gasteiger partial charge in [0.1, 0.15) is 0 Å². The molecule has 86 valence electrons. The van der Waals surface area contributed by atoms with Gasteiger partial charge in [-0.25, -0.2) is 0 Å². The zero-order valence-corrected chi connectivity index (χ0v) is 10.9. The van der Waals surface area contributed by atoms with E-state index in [0.717, 1.165) is 5.70 Å². The Morgan fingerprint density at radius 2 is 2.00 bits per heavy atom. The third-order valence-corrected chi connectivity index (χ3v) is 2.60. The van der Waals surface area contributed by atoms with Gasteiger partial charge in [-0.3, -0.25) is 4.99 Å². The van der Waals surface area contributed by atoms with Crippen LogP contribution in [-0.4, -0.2) is 6.21 Å². The van der Waals surface area contributed by atoms with Gasteiger partial charge in [0, 0.05) is 11.9 Å². The average molecular weight is 207 g/mol. The molecule has 0 rings (SSSR count). The summed E-state index contributed by atoms with van der Waals surface area (Å²) in [7, 11) is 0. The molecular weight excluding hydrogens is 182 g/mol. The molecule has 0 saturated heterocycles. The summed E-state index contributed by atoms with van der Waals surface area (Å²) < 4.78 is 0. The molecule has 0 aliphatic rings. The molecule has 0 N–H and O–H groups in total. The van der Waals surface area contributed by atoms with E-state index in [1.54, 1.807) is 0 Å². The van der Waals surface area contributed by atoms with E-state index in [9.17, 15) is 0 Å². The lowest BCUT2D eigenvalue weighted by Gasteiger charge is -2.12. The number of aliphatic imine (C=N–C) groups is 1. The first-order chi connectivity index (χ1) is 7.15. The zero-order chi connectivity index (χ0) is 11.7. The van der Waals surface area contributed by atoms with E-state index in [4.69, 9.17) is 0 Å². The van der Waals surface area contributed by atoms with Gasteiger partial charge in [0.2, 0.25) is 0 Å². The molecule has 0 aromatic carbocycles. The van der Waals surface area contributed by atoms with Crippen LogP contribution < -0.4 is 0 Å². The van der Waals surface area contributed by atoms with E-state index in [2.05, 4.69) is 44.8 Å². The molecule has 1 atom stereocenters. The van der Waals surface area contributed by atoms with Gasteiger partial charge in [-0.1, -0.05) is 32.8 Å². The van der Waals surface area contributed by atoms with Crippen LogP contribution in [0.2, 0.25) is 0 Å². The summed E-state index contributed by atoms with van der Waals surface area (Å²) in [5, 5.41) is 0. The Morgan fingerprint density at radius 3 is 2.47 bits per heavy atom. The van der Waals surface area contributed by atoms with Crippen LogP contribution in [0.3, 0.4) is 0 Å². The minimum atomic E-state index is 0.650. The maximum Gasteiger partial charge on any atom is 0.0371 e. The first-order valence-electron chi connectivity index (χ1n) is 5.98. The molecule has 0 aromatic rings. The van der Waals surface area contributed by atoms with Crippen LogP contribution in [-0.2, 0) is 0 Å². The Bertz CT molecular complexity index is 246. The van der Waals surface area contributed by atoms with Gasteiger partial charge >= 0.3 is 0 Å². The SMILES string of the molecule is C\C=C(/C=C(C)\N=C\C)C(C)CCCC. The molecule has 0 saturated carbocycles. The van der Waals surface area contributed by atoms with Crippen molar-refractivity contribution in [3.63, 3.8) is 0 Å². The van der Waals surface area contributed by atoms with E-state index in [1.165, 1.54) is 24.8 Å². The molecule has 0 radical (unpaired) electrons. The Morgan fingerprint density at radius 1 is 1.33 bits per heavy atom. The van der Waals surface area contributed by atoms with Crippen molar-refractivity contribution in [2.45, 2.75) is 53.9 Å². The number of hydrogen-bond donors (Lipinski definition) is 0. The van der Waals surface area contributed by atoms with Gasteiger partial charge in [-0.15, -0.1) is 0 Å². The summed E-state index contributed by atoms with van der Waals surface area (Å²) in [5.41, 5.74) is 2.50. The van der Waals surface area contributed by atoms with Crippen molar-refractivity contribution in [1.82, 2.24) is 0 Å². The second kappa shape index (κ2) is 8.46. The number of allylic oxidation sites excluding steroid dienone is 4. The fraction of sp³-hybridized carbons (Fsp3) is 0.643. The van der Waals surface area contributed by atoms with Gasteiger partial charge in [-0.2, -0.15) is 0 Å². The zero-order valence-electron chi connectivity index (χ0n) is 10.9. The molecule has 0 bridgehead atoms. The van der Waals surface area contributed by atoms with Crippen LogP contribution in [0.4, 0.5) is 0 Å². The first-order valence-corrected chi connectivity index (χ1v) is 5.98. The summed E-state index contributed by atoms with van der Waals surface area (Å²) in [6.07, 6.45) is 10.1. The van der Waals surface area contributed by atoms with E-state index in [0.29, 0.717) is 5.92 Å². The number of nitrogens with zero attached hydrogens (tertiary/aromatic N) is 1. The Hall–Kier alpha value is -0.850. The van der Waals surface area contributed by atoms with Gasteiger partial charge < -0.3 is 0 Å². The Kier molecular flexibility index (Phi) is 7.98. The van der Waals surface area contributed by atoms with Gasteiger partial charge in [0.05, 0.1) is 0 Å². The quantitative estimate of drug-likeness (QED) is 0.440. The molecule has 1 unspecified atom stereocenters. The molecule has 0 aromatic heterocycles. The van der Waals surface area contributed by atoms with E-state index in [1.807, 2.05) is 13.1 Å². The van der Waals surface area contributed by atoms with Crippen molar-refractivity contribution in [3.05, 3.63) is 23.4 Å². The molecule has 0 amide bonds. The monoisotopic (exact) mass is 207 g/mol.